The van der Waals surface area contributed by atoms with Crippen LogP contribution in [0.1, 0.15) is 30.5 Å². The third-order valence-corrected chi connectivity index (χ3v) is 6.06. The van der Waals surface area contributed by atoms with E-state index in [0.29, 0.717) is 11.5 Å². The van der Waals surface area contributed by atoms with E-state index in [0.717, 1.165) is 63.0 Å². The summed E-state index contributed by atoms with van der Waals surface area (Å²) in [7, 11) is 1.63. The number of benzene rings is 3. The van der Waals surface area contributed by atoms with Crippen molar-refractivity contribution in [3.8, 4) is 11.5 Å². The third kappa shape index (κ3) is 4.08. The van der Waals surface area contributed by atoms with Gasteiger partial charge in [-0.15, -0.1) is 0 Å². The Hall–Kier alpha value is -3.11. The first-order valence-corrected chi connectivity index (χ1v) is 11.0. The molecule has 3 aromatic rings. The molecule has 31 heavy (non-hydrogen) atoms. The van der Waals surface area contributed by atoms with Crippen molar-refractivity contribution in [3.05, 3.63) is 87.8 Å². The summed E-state index contributed by atoms with van der Waals surface area (Å²) in [6, 6.07) is 21.0. The molecule has 1 heterocycles. The van der Waals surface area contributed by atoms with Gasteiger partial charge in [0, 0.05) is 47.6 Å². The van der Waals surface area contributed by atoms with Crippen molar-refractivity contribution in [1.82, 2.24) is 0 Å². The maximum Gasteiger partial charge on any atom is 0.163 e. The average Bonchev–Trinajstić information content (AvgIpc) is 2.78. The van der Waals surface area contributed by atoms with Crippen molar-refractivity contribution in [2.75, 3.05) is 25.1 Å². The highest BCUT2D eigenvalue weighted by atomic mass is 32.1. The van der Waals surface area contributed by atoms with E-state index in [1.807, 2.05) is 18.2 Å². The number of ether oxygens (including phenoxy) is 2. The van der Waals surface area contributed by atoms with Crippen molar-refractivity contribution in [2.45, 2.75) is 20.3 Å². The number of nitrogens with zero attached hydrogens (tertiary/aromatic N) is 1. The molecule has 4 heteroatoms. The first-order valence-electron chi connectivity index (χ1n) is 10.6. The topological polar surface area (TPSA) is 21.7 Å². The maximum absolute atomic E-state index is 6.39. The Bertz CT molecular complexity index is 1240. The van der Waals surface area contributed by atoms with Crippen LogP contribution in [0.2, 0.25) is 0 Å². The lowest BCUT2D eigenvalue weighted by Gasteiger charge is -2.26. The van der Waals surface area contributed by atoms with Crippen LogP contribution in [0.3, 0.4) is 0 Å². The van der Waals surface area contributed by atoms with Gasteiger partial charge >= 0.3 is 0 Å². The van der Waals surface area contributed by atoms with Crippen LogP contribution >= 0.6 is 12.2 Å². The second-order valence-corrected chi connectivity index (χ2v) is 8.03. The summed E-state index contributed by atoms with van der Waals surface area (Å²) in [4.78, 5) is 2.32. The molecule has 0 saturated carbocycles. The lowest BCUT2D eigenvalue weighted by molar-refractivity contribution is 0.406. The van der Waals surface area contributed by atoms with E-state index >= 15 is 0 Å². The molecule has 0 unspecified atom stereocenters. The molecule has 0 saturated heterocycles. The van der Waals surface area contributed by atoms with Gasteiger partial charge in [0.05, 0.1) is 7.11 Å². The second-order valence-electron chi connectivity index (χ2n) is 7.57. The van der Waals surface area contributed by atoms with E-state index in [4.69, 9.17) is 21.7 Å². The van der Waals surface area contributed by atoms with Gasteiger partial charge in [-0.25, -0.2) is 0 Å². The number of methoxy groups -OCH3 is 1. The van der Waals surface area contributed by atoms with Gasteiger partial charge in [0.25, 0.3) is 0 Å². The average molecular weight is 430 g/mol. The van der Waals surface area contributed by atoms with E-state index in [-0.39, 0.29) is 0 Å². The molecule has 0 spiro atoms. The van der Waals surface area contributed by atoms with E-state index in [1.54, 1.807) is 7.11 Å². The van der Waals surface area contributed by atoms with Gasteiger partial charge in [-0.3, -0.25) is 0 Å². The smallest absolute Gasteiger partial charge is 0.163 e. The Morgan fingerprint density at radius 3 is 2.48 bits per heavy atom. The minimum Gasteiger partial charge on any atom is -0.490 e. The highest BCUT2D eigenvalue weighted by molar-refractivity contribution is 7.80. The van der Waals surface area contributed by atoms with Crippen LogP contribution in [0.25, 0.3) is 12.2 Å². The van der Waals surface area contributed by atoms with Crippen molar-refractivity contribution in [2.24, 2.45) is 0 Å². The molecule has 4 rings (SSSR count). The standard InChI is InChI=1S/C27H27NO2S/c1-5-28(6-2)20-12-14-23-25(17-20)30-24-15-18(3)11-13-22(24)27(23)21-10-8-7-9-19(21)16-26(31)29-4/h7-15,17H,3,5-6,16H2,1-2,4H3. The lowest BCUT2D eigenvalue weighted by atomic mass is 9.88. The molecule has 158 valence electrons. The van der Waals surface area contributed by atoms with Crippen LogP contribution < -0.4 is 20.1 Å². The molecule has 1 aliphatic heterocycles. The normalized spacial score (nSPS) is 11.9. The molecule has 0 aromatic heterocycles. The fourth-order valence-electron chi connectivity index (χ4n) is 4.14. The van der Waals surface area contributed by atoms with E-state index in [2.05, 4.69) is 67.8 Å². The predicted octanol–water partition coefficient (Wildman–Crippen LogP) is 4.81. The van der Waals surface area contributed by atoms with E-state index in [1.165, 1.54) is 0 Å². The van der Waals surface area contributed by atoms with Crippen LogP contribution in [0.5, 0.6) is 11.5 Å². The zero-order chi connectivity index (χ0) is 22.0. The molecule has 0 atom stereocenters. The van der Waals surface area contributed by atoms with Crippen LogP contribution in [-0.2, 0) is 11.2 Å². The second kappa shape index (κ2) is 8.94. The quantitative estimate of drug-likeness (QED) is 0.410. The number of fused-ring (bicyclic) bond motifs is 2. The fraction of sp³-hybridized carbons (Fsp3) is 0.222. The molecule has 0 aliphatic carbocycles. The molecule has 0 radical (unpaired) electrons. The summed E-state index contributed by atoms with van der Waals surface area (Å²) >= 11 is 5.37. The number of thiocarbonyl (C=S) groups is 1. The molecule has 0 amide bonds. The molecule has 0 N–H and O–H groups in total. The Balaban J connectivity index is 1.98. The number of hydrogen-bond donors (Lipinski definition) is 0. The Kier molecular flexibility index (Phi) is 6.10. The SMILES string of the molecule is C=c1ccc2c(c1)Oc1cc(N(CC)CC)ccc1C=2c1ccccc1CC(=S)OC. The van der Waals surface area contributed by atoms with E-state index < -0.39 is 0 Å². The molecular formula is C27H27NO2S. The minimum atomic E-state index is 0.575. The van der Waals surface area contributed by atoms with Crippen molar-refractivity contribution in [3.63, 3.8) is 0 Å². The Morgan fingerprint density at radius 2 is 1.74 bits per heavy atom. The molecule has 3 nitrogen and oxygen atoms in total. The largest absolute Gasteiger partial charge is 0.490 e. The fourth-order valence-corrected chi connectivity index (χ4v) is 4.30. The predicted molar refractivity (Wildman–Crippen MR) is 133 cm³/mol. The molecule has 3 aromatic carbocycles. The summed E-state index contributed by atoms with van der Waals surface area (Å²) in [5, 5.41) is 2.56. The van der Waals surface area contributed by atoms with Gasteiger partial charge in [-0.05, 0) is 60.6 Å². The zero-order valence-electron chi connectivity index (χ0n) is 18.3. The van der Waals surface area contributed by atoms with Gasteiger partial charge < -0.3 is 14.4 Å². The molecule has 1 aliphatic rings. The van der Waals surface area contributed by atoms with Gasteiger partial charge in [0.15, 0.2) is 5.05 Å². The molecule has 0 bridgehead atoms. The summed E-state index contributed by atoms with van der Waals surface area (Å²) in [6.07, 6.45) is 0.585. The van der Waals surface area contributed by atoms with Crippen molar-refractivity contribution >= 4 is 35.1 Å². The third-order valence-electron chi connectivity index (χ3n) is 5.75. The molecule has 0 fully saturated rings. The first-order chi connectivity index (χ1) is 15.0. The summed E-state index contributed by atoms with van der Waals surface area (Å²) in [5.41, 5.74) is 5.66. The van der Waals surface area contributed by atoms with Crippen LogP contribution in [0.4, 0.5) is 5.69 Å². The van der Waals surface area contributed by atoms with Crippen LogP contribution in [-0.4, -0.2) is 25.2 Å². The lowest BCUT2D eigenvalue weighted by Crippen LogP contribution is -2.23. The number of rotatable bonds is 6. The van der Waals surface area contributed by atoms with Gasteiger partial charge in [-0.2, -0.15) is 0 Å². The summed E-state index contributed by atoms with van der Waals surface area (Å²) < 4.78 is 11.7. The maximum atomic E-state index is 6.39. The van der Waals surface area contributed by atoms with E-state index in [9.17, 15) is 0 Å². The highest BCUT2D eigenvalue weighted by Crippen LogP contribution is 2.39. The van der Waals surface area contributed by atoms with Crippen LogP contribution in [0, 0.1) is 0 Å². The van der Waals surface area contributed by atoms with Gasteiger partial charge in [0.1, 0.15) is 11.5 Å². The van der Waals surface area contributed by atoms with Gasteiger partial charge in [0.2, 0.25) is 0 Å². The minimum absolute atomic E-state index is 0.575. The Morgan fingerprint density at radius 1 is 0.968 bits per heavy atom. The Labute approximate surface area is 189 Å². The summed E-state index contributed by atoms with van der Waals surface area (Å²) in [5.74, 6) is 1.69. The molecular weight excluding hydrogens is 402 g/mol. The zero-order valence-corrected chi connectivity index (χ0v) is 19.1. The first kappa shape index (κ1) is 21.1. The van der Waals surface area contributed by atoms with Gasteiger partial charge in [-0.1, -0.05) is 43.0 Å². The summed E-state index contributed by atoms with van der Waals surface area (Å²) in [6.45, 7) is 10.3. The number of hydrogen-bond acceptors (Lipinski definition) is 4. The van der Waals surface area contributed by atoms with Crippen molar-refractivity contribution in [1.29, 1.82) is 0 Å². The number of anilines is 1. The van der Waals surface area contributed by atoms with Crippen molar-refractivity contribution < 1.29 is 9.47 Å². The monoisotopic (exact) mass is 429 g/mol. The highest BCUT2D eigenvalue weighted by Gasteiger charge is 2.23. The van der Waals surface area contributed by atoms with Crippen LogP contribution in [0.15, 0.2) is 60.7 Å².